The summed E-state index contributed by atoms with van der Waals surface area (Å²) in [6.07, 6.45) is 0. The number of para-hydroxylation sites is 1. The van der Waals surface area contributed by atoms with Crippen molar-refractivity contribution in [2.24, 2.45) is 0 Å². The standard InChI is InChI=1S/C15H8O5/c16-13-9-5-1-3-7-11(9)15(19-13)18-12-8-4-2-6-10(12)14(17)20-15/h1-8H/t15-/m1/s1. The van der Waals surface area contributed by atoms with E-state index < -0.39 is 17.9 Å². The molecule has 20 heavy (non-hydrogen) atoms. The third-order valence-electron chi connectivity index (χ3n) is 3.28. The molecular weight excluding hydrogens is 260 g/mol. The minimum absolute atomic E-state index is 0.304. The first-order chi connectivity index (χ1) is 9.70. The maximum atomic E-state index is 12.1. The first-order valence-electron chi connectivity index (χ1n) is 6.04. The van der Waals surface area contributed by atoms with Crippen molar-refractivity contribution in [1.82, 2.24) is 0 Å². The summed E-state index contributed by atoms with van der Waals surface area (Å²) in [5, 5.41) is 0. The van der Waals surface area contributed by atoms with Crippen molar-refractivity contribution in [3.05, 3.63) is 65.2 Å². The molecule has 0 radical (unpaired) electrons. The van der Waals surface area contributed by atoms with Gasteiger partial charge in [-0.05, 0) is 24.3 Å². The Morgan fingerprint density at radius 2 is 1.30 bits per heavy atom. The molecule has 4 rings (SSSR count). The first kappa shape index (κ1) is 11.0. The molecule has 0 saturated heterocycles. The Hall–Kier alpha value is -2.82. The van der Waals surface area contributed by atoms with Gasteiger partial charge in [-0.1, -0.05) is 24.3 Å². The second-order valence-electron chi connectivity index (χ2n) is 4.48. The summed E-state index contributed by atoms with van der Waals surface area (Å²) in [4.78, 5) is 23.9. The Bertz CT molecular complexity index is 751. The Kier molecular flexibility index (Phi) is 1.99. The first-order valence-corrected chi connectivity index (χ1v) is 6.04. The summed E-state index contributed by atoms with van der Waals surface area (Å²) in [5.41, 5.74) is 1.03. The van der Waals surface area contributed by atoms with Gasteiger partial charge in [0.2, 0.25) is 0 Å². The molecule has 5 heteroatoms. The average Bonchev–Trinajstić information content (AvgIpc) is 2.72. The average molecular weight is 268 g/mol. The van der Waals surface area contributed by atoms with Gasteiger partial charge in [0.15, 0.2) is 0 Å². The van der Waals surface area contributed by atoms with Crippen LogP contribution < -0.4 is 4.74 Å². The Morgan fingerprint density at radius 1 is 0.700 bits per heavy atom. The molecule has 2 aliphatic rings. The van der Waals surface area contributed by atoms with Crippen molar-refractivity contribution in [3.8, 4) is 5.75 Å². The molecule has 0 aliphatic carbocycles. The van der Waals surface area contributed by atoms with Crippen molar-refractivity contribution in [3.63, 3.8) is 0 Å². The van der Waals surface area contributed by atoms with Crippen LogP contribution in [0.25, 0.3) is 0 Å². The number of esters is 2. The summed E-state index contributed by atoms with van der Waals surface area (Å²) >= 11 is 0. The van der Waals surface area contributed by atoms with E-state index in [0.717, 1.165) is 0 Å². The van der Waals surface area contributed by atoms with Crippen LogP contribution in [0.2, 0.25) is 0 Å². The largest absolute Gasteiger partial charge is 0.453 e. The highest BCUT2D eigenvalue weighted by Crippen LogP contribution is 2.43. The lowest BCUT2D eigenvalue weighted by molar-refractivity contribution is -0.295. The third-order valence-corrected chi connectivity index (χ3v) is 3.28. The lowest BCUT2D eigenvalue weighted by atomic mass is 10.1. The van der Waals surface area contributed by atoms with E-state index in [1.165, 1.54) is 0 Å². The van der Waals surface area contributed by atoms with E-state index in [4.69, 9.17) is 14.2 Å². The second-order valence-corrected chi connectivity index (χ2v) is 4.48. The van der Waals surface area contributed by atoms with E-state index in [9.17, 15) is 9.59 Å². The SMILES string of the molecule is O=C1O[C@@]2(OC(=O)c3ccccc32)Oc2ccccc21. The number of benzene rings is 2. The Balaban J connectivity index is 1.90. The summed E-state index contributed by atoms with van der Waals surface area (Å²) < 4.78 is 16.1. The molecule has 2 aliphatic heterocycles. The van der Waals surface area contributed by atoms with Crippen molar-refractivity contribution >= 4 is 11.9 Å². The molecular formula is C15H8O5. The fourth-order valence-electron chi connectivity index (χ4n) is 2.38. The van der Waals surface area contributed by atoms with Crippen LogP contribution >= 0.6 is 0 Å². The van der Waals surface area contributed by atoms with Crippen LogP contribution in [0.1, 0.15) is 26.3 Å². The van der Waals surface area contributed by atoms with Crippen molar-refractivity contribution < 1.29 is 23.8 Å². The molecule has 1 spiro atoms. The predicted molar refractivity (Wildman–Crippen MR) is 66.0 cm³/mol. The number of carbonyl (C=O) groups is 2. The van der Waals surface area contributed by atoms with Gasteiger partial charge >= 0.3 is 17.9 Å². The molecule has 0 aromatic heterocycles. The topological polar surface area (TPSA) is 61.8 Å². The minimum atomic E-state index is -1.81. The normalized spacial score (nSPS) is 22.6. The molecule has 0 fully saturated rings. The number of ether oxygens (including phenoxy) is 3. The fourth-order valence-corrected chi connectivity index (χ4v) is 2.38. The zero-order valence-corrected chi connectivity index (χ0v) is 10.2. The number of fused-ring (bicyclic) bond motifs is 3. The molecule has 98 valence electrons. The maximum absolute atomic E-state index is 12.1. The molecule has 0 amide bonds. The molecule has 2 aromatic carbocycles. The Morgan fingerprint density at radius 3 is 2.10 bits per heavy atom. The maximum Gasteiger partial charge on any atom is 0.453 e. The van der Waals surface area contributed by atoms with E-state index in [1.54, 1.807) is 48.5 Å². The van der Waals surface area contributed by atoms with Crippen molar-refractivity contribution in [1.29, 1.82) is 0 Å². The van der Waals surface area contributed by atoms with Gasteiger partial charge in [-0.15, -0.1) is 0 Å². The molecule has 5 nitrogen and oxygen atoms in total. The molecule has 0 N–H and O–H groups in total. The van der Waals surface area contributed by atoms with E-state index in [-0.39, 0.29) is 0 Å². The summed E-state index contributed by atoms with van der Waals surface area (Å²) in [7, 11) is 0. The predicted octanol–water partition coefficient (Wildman–Crippen LogP) is 2.22. The highest BCUT2D eigenvalue weighted by molar-refractivity contribution is 5.97. The van der Waals surface area contributed by atoms with E-state index in [1.807, 2.05) is 0 Å². The lowest BCUT2D eigenvalue weighted by Gasteiger charge is -2.32. The molecule has 0 saturated carbocycles. The highest BCUT2D eigenvalue weighted by Gasteiger charge is 2.55. The third kappa shape index (κ3) is 1.31. The van der Waals surface area contributed by atoms with Gasteiger partial charge in [0.25, 0.3) is 0 Å². The van der Waals surface area contributed by atoms with Gasteiger partial charge < -0.3 is 14.2 Å². The monoisotopic (exact) mass is 268 g/mol. The van der Waals surface area contributed by atoms with Gasteiger partial charge in [0, 0.05) is 0 Å². The lowest BCUT2D eigenvalue weighted by Crippen LogP contribution is -2.42. The summed E-state index contributed by atoms with van der Waals surface area (Å²) in [6, 6.07) is 13.3. The zero-order valence-electron chi connectivity index (χ0n) is 10.2. The van der Waals surface area contributed by atoms with Gasteiger partial charge in [-0.3, -0.25) is 0 Å². The van der Waals surface area contributed by atoms with Crippen LogP contribution in [0, 0.1) is 0 Å². The van der Waals surface area contributed by atoms with E-state index in [0.29, 0.717) is 22.4 Å². The smallest absolute Gasteiger partial charge is 0.416 e. The Labute approximate surface area is 113 Å². The molecule has 0 bridgehead atoms. The fraction of sp³-hybridized carbons (Fsp3) is 0.0667. The number of hydrogen-bond acceptors (Lipinski definition) is 5. The van der Waals surface area contributed by atoms with Crippen molar-refractivity contribution in [2.45, 2.75) is 5.97 Å². The van der Waals surface area contributed by atoms with Crippen molar-refractivity contribution in [2.75, 3.05) is 0 Å². The van der Waals surface area contributed by atoms with Crippen LogP contribution in [0.3, 0.4) is 0 Å². The van der Waals surface area contributed by atoms with Crippen LogP contribution in [0.15, 0.2) is 48.5 Å². The quantitative estimate of drug-likeness (QED) is 0.685. The van der Waals surface area contributed by atoms with Crippen LogP contribution in [0.4, 0.5) is 0 Å². The van der Waals surface area contributed by atoms with Crippen LogP contribution in [-0.4, -0.2) is 11.9 Å². The van der Waals surface area contributed by atoms with Gasteiger partial charge in [0.1, 0.15) is 11.3 Å². The molecule has 1 atom stereocenters. The summed E-state index contributed by atoms with van der Waals surface area (Å²) in [5.74, 6) is -2.64. The van der Waals surface area contributed by atoms with Gasteiger partial charge in [-0.2, -0.15) is 0 Å². The molecule has 2 heterocycles. The van der Waals surface area contributed by atoms with Crippen LogP contribution in [-0.2, 0) is 15.4 Å². The minimum Gasteiger partial charge on any atom is -0.416 e. The second kappa shape index (κ2) is 3.60. The summed E-state index contributed by atoms with van der Waals surface area (Å²) in [6.45, 7) is 0. The molecule has 0 unspecified atom stereocenters. The van der Waals surface area contributed by atoms with Gasteiger partial charge in [0.05, 0.1) is 11.1 Å². The number of rotatable bonds is 0. The number of carbonyl (C=O) groups excluding carboxylic acids is 2. The zero-order chi connectivity index (χ0) is 13.7. The van der Waals surface area contributed by atoms with E-state index >= 15 is 0 Å². The molecule has 2 aromatic rings. The van der Waals surface area contributed by atoms with E-state index in [2.05, 4.69) is 0 Å². The van der Waals surface area contributed by atoms with Crippen LogP contribution in [0.5, 0.6) is 5.75 Å². The van der Waals surface area contributed by atoms with Gasteiger partial charge in [-0.25, -0.2) is 9.59 Å². The number of hydrogen-bond donors (Lipinski definition) is 0. The highest BCUT2D eigenvalue weighted by atomic mass is 16.9.